The zero-order valence-corrected chi connectivity index (χ0v) is 17.1. The van der Waals surface area contributed by atoms with Gasteiger partial charge in [-0.1, -0.05) is 24.3 Å². The molecule has 3 heterocycles. The normalized spacial score (nSPS) is 14.7. The third-order valence-corrected chi connectivity index (χ3v) is 5.64. The van der Waals surface area contributed by atoms with Crippen molar-refractivity contribution in [3.05, 3.63) is 71.9 Å². The Morgan fingerprint density at radius 2 is 1.84 bits per heavy atom. The van der Waals surface area contributed by atoms with Crippen LogP contribution in [0.5, 0.6) is 0 Å². The van der Waals surface area contributed by atoms with E-state index in [2.05, 4.69) is 25.4 Å². The van der Waals surface area contributed by atoms with Crippen LogP contribution in [0.2, 0.25) is 0 Å². The number of nitrogens with one attached hydrogen (secondary N) is 1. The third kappa shape index (κ3) is 3.76. The number of carbonyl (C=O) groups is 2. The molecule has 0 unspecified atom stereocenters. The lowest BCUT2D eigenvalue weighted by molar-refractivity contribution is -0.128. The van der Waals surface area contributed by atoms with E-state index in [1.807, 2.05) is 24.3 Å². The largest absolute Gasteiger partial charge is 0.360 e. The average Bonchev–Trinajstić information content (AvgIpc) is 3.46. The van der Waals surface area contributed by atoms with E-state index in [1.54, 1.807) is 23.2 Å². The molecule has 0 bridgehead atoms. The molecule has 0 radical (unpaired) electrons. The van der Waals surface area contributed by atoms with E-state index >= 15 is 0 Å². The van der Waals surface area contributed by atoms with Crippen LogP contribution in [0.4, 0.5) is 4.39 Å². The number of hydrogen-bond acceptors (Lipinski definition) is 6. The minimum absolute atomic E-state index is 0.365. The number of carbonyl (C=O) groups excluding carboxylic acids is 2. The predicted octanol–water partition coefficient (Wildman–Crippen LogP) is 1.81. The Morgan fingerprint density at radius 1 is 1.03 bits per heavy atom. The molecule has 1 saturated heterocycles. The van der Waals surface area contributed by atoms with Gasteiger partial charge in [-0.15, -0.1) is 5.10 Å². The second-order valence-corrected chi connectivity index (χ2v) is 7.63. The summed E-state index contributed by atoms with van der Waals surface area (Å²) < 4.78 is 15.1. The molecular formula is C22H20FN7O2. The van der Waals surface area contributed by atoms with Crippen LogP contribution in [0.25, 0.3) is 16.6 Å². The number of tetrazole rings is 1. The molecule has 1 aliphatic rings. The van der Waals surface area contributed by atoms with Crippen LogP contribution >= 0.6 is 0 Å². The standard InChI is InChI=1S/C22H20FN7O2/c23-15-4-3-5-16(12-15)30-20(25-26-27-30)14-28-8-10-29(11-9-28)22(32)21(31)18-13-24-19-7-2-1-6-17(18)19/h1-7,12-13,24H,8-11,14H2. The molecule has 0 atom stereocenters. The van der Waals surface area contributed by atoms with Crippen LogP contribution in [0.15, 0.2) is 54.7 Å². The molecule has 1 N–H and O–H groups in total. The Morgan fingerprint density at radius 3 is 2.66 bits per heavy atom. The summed E-state index contributed by atoms with van der Waals surface area (Å²) in [4.78, 5) is 32.3. The summed E-state index contributed by atoms with van der Waals surface area (Å²) >= 11 is 0. The number of benzene rings is 2. The Balaban J connectivity index is 1.23. The number of hydrogen-bond donors (Lipinski definition) is 1. The van der Waals surface area contributed by atoms with E-state index in [0.717, 1.165) is 10.9 Å². The number of amides is 1. The lowest BCUT2D eigenvalue weighted by Gasteiger charge is -2.33. The van der Waals surface area contributed by atoms with Crippen molar-refractivity contribution in [1.82, 2.24) is 35.0 Å². The van der Waals surface area contributed by atoms with E-state index in [-0.39, 0.29) is 5.82 Å². The second kappa shape index (κ2) is 8.31. The molecule has 10 heteroatoms. The predicted molar refractivity (Wildman–Crippen MR) is 114 cm³/mol. The molecule has 9 nitrogen and oxygen atoms in total. The summed E-state index contributed by atoms with van der Waals surface area (Å²) in [6, 6.07) is 13.5. The number of fused-ring (bicyclic) bond motifs is 1. The van der Waals surface area contributed by atoms with Crippen LogP contribution in [-0.4, -0.2) is 72.9 Å². The number of H-pyrrole nitrogens is 1. The summed E-state index contributed by atoms with van der Waals surface area (Å²) in [7, 11) is 0. The fourth-order valence-corrected chi connectivity index (χ4v) is 3.94. The first-order valence-electron chi connectivity index (χ1n) is 10.3. The van der Waals surface area contributed by atoms with Gasteiger partial charge in [-0.2, -0.15) is 4.68 Å². The maximum absolute atomic E-state index is 13.6. The van der Waals surface area contributed by atoms with E-state index in [9.17, 15) is 14.0 Å². The molecule has 32 heavy (non-hydrogen) atoms. The smallest absolute Gasteiger partial charge is 0.295 e. The summed E-state index contributed by atoms with van der Waals surface area (Å²) in [6.45, 7) is 2.44. The van der Waals surface area contributed by atoms with Crippen molar-refractivity contribution in [3.8, 4) is 5.69 Å². The molecular weight excluding hydrogens is 413 g/mol. The zero-order valence-electron chi connectivity index (χ0n) is 17.1. The first-order valence-corrected chi connectivity index (χ1v) is 10.3. The Labute approximate surface area is 182 Å². The van der Waals surface area contributed by atoms with Gasteiger partial charge in [0.05, 0.1) is 17.8 Å². The molecule has 2 aromatic heterocycles. The quantitative estimate of drug-likeness (QED) is 0.381. The highest BCUT2D eigenvalue weighted by Gasteiger charge is 2.29. The topological polar surface area (TPSA) is 100 Å². The monoisotopic (exact) mass is 433 g/mol. The van der Waals surface area contributed by atoms with Gasteiger partial charge >= 0.3 is 0 Å². The first kappa shape index (κ1) is 20.0. The van der Waals surface area contributed by atoms with E-state index in [1.165, 1.54) is 16.8 Å². The van der Waals surface area contributed by atoms with Gasteiger partial charge in [-0.3, -0.25) is 14.5 Å². The number of ketones is 1. The lowest BCUT2D eigenvalue weighted by atomic mass is 10.1. The number of para-hydroxylation sites is 1. The fourth-order valence-electron chi connectivity index (χ4n) is 3.94. The Hall–Kier alpha value is -3.92. The number of rotatable bonds is 5. The highest BCUT2D eigenvalue weighted by Crippen LogP contribution is 2.19. The lowest BCUT2D eigenvalue weighted by Crippen LogP contribution is -2.50. The second-order valence-electron chi connectivity index (χ2n) is 7.63. The molecule has 4 aromatic rings. The SMILES string of the molecule is O=C(C(=O)N1CCN(Cc2nnnn2-c2cccc(F)c2)CC1)c1c[nH]c2ccccc12. The van der Waals surface area contributed by atoms with E-state index in [4.69, 9.17) is 0 Å². The molecule has 1 fully saturated rings. The minimum atomic E-state index is -0.508. The van der Waals surface area contributed by atoms with Crippen LogP contribution in [-0.2, 0) is 11.3 Å². The van der Waals surface area contributed by atoms with Gasteiger partial charge in [0.15, 0.2) is 5.82 Å². The highest BCUT2D eigenvalue weighted by atomic mass is 19.1. The minimum Gasteiger partial charge on any atom is -0.360 e. The van der Waals surface area contributed by atoms with Crippen molar-refractivity contribution >= 4 is 22.6 Å². The highest BCUT2D eigenvalue weighted by molar-refractivity contribution is 6.44. The first-order chi connectivity index (χ1) is 15.6. The molecule has 1 amide bonds. The van der Waals surface area contributed by atoms with Crippen LogP contribution in [0.3, 0.4) is 0 Å². The summed E-state index contributed by atoms with van der Waals surface area (Å²) in [5, 5.41) is 12.5. The van der Waals surface area contributed by atoms with E-state index in [0.29, 0.717) is 49.8 Å². The summed E-state index contributed by atoms with van der Waals surface area (Å²) in [5.74, 6) is -0.800. The van der Waals surface area contributed by atoms with Gasteiger partial charge < -0.3 is 9.88 Å². The molecule has 2 aromatic carbocycles. The van der Waals surface area contributed by atoms with Crippen LogP contribution in [0, 0.1) is 5.82 Å². The number of Topliss-reactive ketones (excluding diaryl/α,β-unsaturated/α-hetero) is 1. The van der Waals surface area contributed by atoms with E-state index < -0.39 is 11.7 Å². The van der Waals surface area contributed by atoms with Crippen molar-refractivity contribution in [2.45, 2.75) is 6.54 Å². The molecule has 0 saturated carbocycles. The van der Waals surface area contributed by atoms with Gasteiger partial charge in [-0.25, -0.2) is 4.39 Å². The van der Waals surface area contributed by atoms with Crippen LogP contribution in [0.1, 0.15) is 16.2 Å². The van der Waals surface area contributed by atoms with Gasteiger partial charge in [0.1, 0.15) is 5.82 Å². The number of aromatic amines is 1. The Bertz CT molecular complexity index is 1290. The third-order valence-electron chi connectivity index (χ3n) is 5.64. The van der Waals surface area contributed by atoms with Crippen molar-refractivity contribution in [2.24, 2.45) is 0 Å². The number of piperazine rings is 1. The summed E-state index contributed by atoms with van der Waals surface area (Å²) in [5.41, 5.74) is 1.76. The number of aromatic nitrogens is 5. The molecule has 1 aliphatic heterocycles. The fraction of sp³-hybridized carbons (Fsp3) is 0.227. The van der Waals surface area contributed by atoms with Crippen molar-refractivity contribution in [2.75, 3.05) is 26.2 Å². The van der Waals surface area contributed by atoms with Crippen molar-refractivity contribution < 1.29 is 14.0 Å². The summed E-state index contributed by atoms with van der Waals surface area (Å²) in [6.07, 6.45) is 1.59. The molecule has 162 valence electrons. The molecule has 5 rings (SSSR count). The maximum Gasteiger partial charge on any atom is 0.295 e. The molecule has 0 spiro atoms. The number of nitrogens with zero attached hydrogens (tertiary/aromatic N) is 6. The van der Waals surface area contributed by atoms with Gasteiger partial charge in [0.25, 0.3) is 11.7 Å². The maximum atomic E-state index is 13.6. The van der Waals surface area contributed by atoms with Crippen molar-refractivity contribution in [3.63, 3.8) is 0 Å². The number of halogens is 1. The zero-order chi connectivity index (χ0) is 22.1. The average molecular weight is 433 g/mol. The van der Waals surface area contributed by atoms with Gasteiger partial charge in [0.2, 0.25) is 0 Å². The van der Waals surface area contributed by atoms with Crippen LogP contribution < -0.4 is 0 Å². The van der Waals surface area contributed by atoms with Gasteiger partial charge in [-0.05, 0) is 34.7 Å². The van der Waals surface area contributed by atoms with Crippen molar-refractivity contribution in [1.29, 1.82) is 0 Å². The Kier molecular flexibility index (Phi) is 5.20. The van der Waals surface area contributed by atoms with Gasteiger partial charge in [0, 0.05) is 43.3 Å². The molecule has 0 aliphatic carbocycles.